The lowest BCUT2D eigenvalue weighted by Crippen LogP contribution is -1.88. The summed E-state index contributed by atoms with van der Waals surface area (Å²) in [5.41, 5.74) is 0.125. The first-order valence-corrected chi connectivity index (χ1v) is 3.76. The lowest BCUT2D eigenvalue weighted by Gasteiger charge is -1.96. The van der Waals surface area contributed by atoms with Crippen molar-refractivity contribution in [2.75, 3.05) is 0 Å². The fraction of sp³-hybridized carbons (Fsp3) is 0. The summed E-state index contributed by atoms with van der Waals surface area (Å²) >= 11 is 0. The van der Waals surface area contributed by atoms with Crippen molar-refractivity contribution >= 4 is 24.9 Å². The average molecular weight is 185 g/mol. The van der Waals surface area contributed by atoms with Gasteiger partial charge in [0.1, 0.15) is 0 Å². The number of hydrogen-bond donors (Lipinski definition) is 0. The van der Waals surface area contributed by atoms with Crippen LogP contribution in [0.1, 0.15) is 0 Å². The maximum absolute atomic E-state index is 10.6. The van der Waals surface area contributed by atoms with Crippen molar-refractivity contribution in [3.8, 4) is 0 Å². The van der Waals surface area contributed by atoms with Gasteiger partial charge in [0.05, 0.1) is 10.3 Å². The first-order valence-electron chi connectivity index (χ1n) is 3.76. The Hall–Kier alpha value is -1.91. The fourth-order valence-corrected chi connectivity index (χ4v) is 1.26. The van der Waals surface area contributed by atoms with Crippen molar-refractivity contribution in [3.05, 3.63) is 46.8 Å². The molecule has 0 amide bonds. The summed E-state index contributed by atoms with van der Waals surface area (Å²) in [7, 11) is 0. The Bertz CT molecular complexity index is 468. The lowest BCUT2D eigenvalue weighted by molar-refractivity contribution is -0.383. The highest BCUT2D eigenvalue weighted by molar-refractivity contribution is 5.89. The molecule has 0 bridgehead atoms. The van der Waals surface area contributed by atoms with Crippen LogP contribution in [0.3, 0.4) is 0 Å². The van der Waals surface area contributed by atoms with Gasteiger partial charge in [0.15, 0.2) is 0 Å². The van der Waals surface area contributed by atoms with E-state index in [1.54, 1.807) is 30.6 Å². The largest absolute Gasteiger partial charge is 0.277 e. The summed E-state index contributed by atoms with van der Waals surface area (Å²) in [6.45, 7) is 0. The number of hydrogen-bond acceptors (Lipinski definition) is 3. The molecule has 3 radical (unpaired) electrons. The van der Waals surface area contributed by atoms with E-state index in [1.807, 2.05) is 0 Å². The third-order valence-corrected chi connectivity index (χ3v) is 1.85. The van der Waals surface area contributed by atoms with E-state index in [2.05, 4.69) is 4.98 Å². The molecule has 1 heterocycles. The topological polar surface area (TPSA) is 56.0 Å². The first-order chi connectivity index (χ1) is 6.29. The standard InChI is InChI=1S/C9H6N2O2.B/c12-11(13)9-3-1-2-7-6-10-5-4-8(7)9;/h1-6H;. The Labute approximate surface area is 82.3 Å². The quantitative estimate of drug-likeness (QED) is 0.386. The minimum absolute atomic E-state index is 0. The van der Waals surface area contributed by atoms with E-state index >= 15 is 0 Å². The summed E-state index contributed by atoms with van der Waals surface area (Å²) in [6, 6.07) is 6.59. The molecule has 5 heteroatoms. The molecule has 0 aliphatic heterocycles. The minimum Gasteiger partial charge on any atom is -0.264 e. The number of nitro groups is 1. The highest BCUT2D eigenvalue weighted by Gasteiger charge is 2.09. The third-order valence-electron chi connectivity index (χ3n) is 1.85. The zero-order chi connectivity index (χ0) is 9.26. The lowest BCUT2D eigenvalue weighted by atomic mass is 10.1. The molecule has 0 fully saturated rings. The molecule has 0 aliphatic carbocycles. The molecule has 1 aromatic heterocycles. The number of aromatic nitrogens is 1. The Morgan fingerprint density at radius 2 is 2.07 bits per heavy atom. The van der Waals surface area contributed by atoms with Crippen LogP contribution in [0.5, 0.6) is 0 Å². The van der Waals surface area contributed by atoms with Gasteiger partial charge in [-0.05, 0) is 6.07 Å². The van der Waals surface area contributed by atoms with E-state index < -0.39 is 0 Å². The number of non-ortho nitro benzene ring substituents is 1. The maximum atomic E-state index is 10.6. The molecule has 0 saturated carbocycles. The van der Waals surface area contributed by atoms with Crippen LogP contribution in [0.15, 0.2) is 36.7 Å². The Morgan fingerprint density at radius 3 is 2.79 bits per heavy atom. The van der Waals surface area contributed by atoms with Gasteiger partial charge < -0.3 is 0 Å². The Morgan fingerprint density at radius 1 is 1.29 bits per heavy atom. The zero-order valence-corrected chi connectivity index (χ0v) is 7.25. The van der Waals surface area contributed by atoms with Crippen molar-refractivity contribution in [2.45, 2.75) is 0 Å². The second kappa shape index (κ2) is 3.87. The average Bonchev–Trinajstić information content (AvgIpc) is 2.17. The zero-order valence-electron chi connectivity index (χ0n) is 7.25. The van der Waals surface area contributed by atoms with Crippen molar-refractivity contribution in [1.82, 2.24) is 4.98 Å². The number of nitro benzene ring substituents is 1. The number of fused-ring (bicyclic) bond motifs is 1. The van der Waals surface area contributed by atoms with Crippen LogP contribution in [0.4, 0.5) is 5.69 Å². The van der Waals surface area contributed by atoms with E-state index in [-0.39, 0.29) is 19.0 Å². The van der Waals surface area contributed by atoms with Gasteiger partial charge in [-0.2, -0.15) is 0 Å². The van der Waals surface area contributed by atoms with Gasteiger partial charge >= 0.3 is 0 Å². The third kappa shape index (κ3) is 1.57. The van der Waals surface area contributed by atoms with Crippen LogP contribution < -0.4 is 0 Å². The predicted molar refractivity (Wildman–Crippen MR) is 54.2 cm³/mol. The molecule has 0 saturated heterocycles. The number of pyridine rings is 1. The molecule has 2 rings (SSSR count). The Balaban J connectivity index is 0.000000980. The van der Waals surface area contributed by atoms with Crippen LogP contribution in [0, 0.1) is 10.1 Å². The smallest absolute Gasteiger partial charge is 0.264 e. The molecule has 1 aromatic carbocycles. The van der Waals surface area contributed by atoms with Crippen molar-refractivity contribution < 1.29 is 4.92 Å². The van der Waals surface area contributed by atoms with Gasteiger partial charge in [-0.3, -0.25) is 15.1 Å². The normalized spacial score (nSPS) is 9.43. The molecule has 0 spiro atoms. The summed E-state index contributed by atoms with van der Waals surface area (Å²) in [4.78, 5) is 14.1. The second-order valence-electron chi connectivity index (χ2n) is 2.63. The maximum Gasteiger partial charge on any atom is 0.277 e. The van der Waals surface area contributed by atoms with Gasteiger partial charge in [-0.15, -0.1) is 0 Å². The monoisotopic (exact) mass is 185 g/mol. The summed E-state index contributed by atoms with van der Waals surface area (Å²) in [6.07, 6.45) is 3.16. The van der Waals surface area contributed by atoms with Crippen molar-refractivity contribution in [2.24, 2.45) is 0 Å². The van der Waals surface area contributed by atoms with Crippen LogP contribution in [-0.4, -0.2) is 18.3 Å². The van der Waals surface area contributed by atoms with Gasteiger partial charge in [0.25, 0.3) is 5.69 Å². The van der Waals surface area contributed by atoms with E-state index in [0.717, 1.165) is 5.39 Å². The molecule has 0 unspecified atom stereocenters. The summed E-state index contributed by atoms with van der Waals surface area (Å²) in [5, 5.41) is 12.0. The predicted octanol–water partition coefficient (Wildman–Crippen LogP) is 1.76. The molecule has 4 nitrogen and oxygen atoms in total. The van der Waals surface area contributed by atoms with Crippen LogP contribution in [-0.2, 0) is 0 Å². The molecule has 0 aliphatic rings. The van der Waals surface area contributed by atoms with Crippen molar-refractivity contribution in [1.29, 1.82) is 0 Å². The highest BCUT2D eigenvalue weighted by Crippen LogP contribution is 2.23. The molecular weight excluding hydrogens is 179 g/mol. The molecule has 67 valence electrons. The minimum atomic E-state index is -0.387. The van der Waals surface area contributed by atoms with E-state index in [1.165, 1.54) is 6.07 Å². The summed E-state index contributed by atoms with van der Waals surface area (Å²) < 4.78 is 0. The van der Waals surface area contributed by atoms with E-state index in [4.69, 9.17) is 0 Å². The molecule has 2 aromatic rings. The molecule has 0 N–H and O–H groups in total. The molecule has 0 atom stereocenters. The van der Waals surface area contributed by atoms with Crippen LogP contribution >= 0.6 is 0 Å². The van der Waals surface area contributed by atoms with Crippen LogP contribution in [0.2, 0.25) is 0 Å². The number of nitrogens with zero attached hydrogens (tertiary/aromatic N) is 2. The summed E-state index contributed by atoms with van der Waals surface area (Å²) in [5.74, 6) is 0. The second-order valence-corrected chi connectivity index (χ2v) is 2.63. The number of rotatable bonds is 1. The number of benzene rings is 1. The van der Waals surface area contributed by atoms with Gasteiger partial charge in [0, 0.05) is 32.3 Å². The highest BCUT2D eigenvalue weighted by atomic mass is 16.6. The SMILES string of the molecule is O=[N+]([O-])c1cccc2cnccc12.[B]. The molecular formula is C9H6BN2O2. The first kappa shape index (κ1) is 10.2. The molecule has 14 heavy (non-hydrogen) atoms. The Kier molecular flexibility index (Phi) is 2.81. The van der Waals surface area contributed by atoms with Crippen molar-refractivity contribution in [3.63, 3.8) is 0 Å². The van der Waals surface area contributed by atoms with Crippen LogP contribution in [0.25, 0.3) is 10.8 Å². The van der Waals surface area contributed by atoms with Gasteiger partial charge in [-0.25, -0.2) is 0 Å². The van der Waals surface area contributed by atoms with E-state index in [9.17, 15) is 10.1 Å². The van der Waals surface area contributed by atoms with E-state index in [0.29, 0.717) is 5.39 Å². The van der Waals surface area contributed by atoms with Gasteiger partial charge in [0.2, 0.25) is 0 Å². The fourth-order valence-electron chi connectivity index (χ4n) is 1.26. The van der Waals surface area contributed by atoms with Gasteiger partial charge in [-0.1, -0.05) is 12.1 Å².